The summed E-state index contributed by atoms with van der Waals surface area (Å²) in [5.74, 6) is 6.08. The minimum absolute atomic E-state index is 0.496. The maximum atomic E-state index is 12.2. The van der Waals surface area contributed by atoms with E-state index in [9.17, 15) is 9.13 Å². The quantitative estimate of drug-likeness (QED) is 0.397. The van der Waals surface area contributed by atoms with Gasteiger partial charge >= 0.3 is 0 Å². The van der Waals surface area contributed by atoms with Crippen molar-refractivity contribution in [2.24, 2.45) is 0 Å². The summed E-state index contributed by atoms with van der Waals surface area (Å²) >= 11 is 0. The van der Waals surface area contributed by atoms with Crippen molar-refractivity contribution in [3.63, 3.8) is 0 Å². The lowest BCUT2D eigenvalue weighted by molar-refractivity contribution is 0.500. The van der Waals surface area contributed by atoms with Gasteiger partial charge in [-0.3, -0.25) is 9.13 Å². The number of hydrogen-bond acceptors (Lipinski definition) is 4. The summed E-state index contributed by atoms with van der Waals surface area (Å²) in [5, 5.41) is 0. The van der Waals surface area contributed by atoms with Crippen LogP contribution < -0.4 is 9.05 Å². The molecule has 0 aromatic heterocycles. The fourth-order valence-electron chi connectivity index (χ4n) is 2.20. The van der Waals surface area contributed by atoms with E-state index in [1.165, 1.54) is 23.3 Å². The van der Waals surface area contributed by atoms with E-state index in [1.807, 2.05) is 24.3 Å². The van der Waals surface area contributed by atoms with E-state index in [0.717, 1.165) is 11.1 Å². The van der Waals surface area contributed by atoms with Crippen molar-refractivity contribution in [1.82, 2.24) is 0 Å². The second-order valence-corrected chi connectivity index (χ2v) is 10.1. The maximum Gasteiger partial charge on any atom is 0.291 e. The predicted molar refractivity (Wildman–Crippen MR) is 113 cm³/mol. The van der Waals surface area contributed by atoms with Gasteiger partial charge in [0.15, 0.2) is 0 Å². The summed E-state index contributed by atoms with van der Waals surface area (Å²) in [4.78, 5) is 0. The van der Waals surface area contributed by atoms with Crippen LogP contribution in [-0.2, 0) is 15.6 Å². The molecule has 0 saturated carbocycles. The van der Waals surface area contributed by atoms with E-state index in [0.29, 0.717) is 17.9 Å². The Labute approximate surface area is 160 Å². The van der Waals surface area contributed by atoms with E-state index in [1.54, 1.807) is 24.3 Å². The molecule has 140 valence electrons. The molecule has 2 aromatic carbocycles. The fourth-order valence-corrected chi connectivity index (χ4v) is 3.70. The van der Waals surface area contributed by atoms with Crippen molar-refractivity contribution in [3.8, 4) is 11.5 Å². The highest BCUT2D eigenvalue weighted by molar-refractivity contribution is 7.66. The van der Waals surface area contributed by atoms with Crippen LogP contribution in [0.1, 0.15) is 11.1 Å². The van der Waals surface area contributed by atoms with Crippen molar-refractivity contribution in [3.05, 3.63) is 109 Å². The average Bonchev–Trinajstić information content (AvgIpc) is 2.70. The highest BCUT2D eigenvalue weighted by atomic mass is 31.2. The second kappa shape index (κ2) is 8.90. The summed E-state index contributed by atoms with van der Waals surface area (Å²) in [6, 6.07) is 14.7. The molecule has 2 aromatic rings. The Morgan fingerprint density at radius 2 is 0.926 bits per heavy atom. The lowest BCUT2D eigenvalue weighted by Crippen LogP contribution is -1.91. The standard InChI is InChI=1S/C21H22O4P2/c1-5-26(22,6-2)24-20-13-9-18(10-14-20)17-19-11-15-21(16-12-19)25-27(23,7-3)8-4/h5-16H,1-4,17H2. The molecule has 0 unspecified atom stereocenters. The van der Waals surface area contributed by atoms with Crippen LogP contribution in [0.15, 0.2) is 98.1 Å². The first-order chi connectivity index (χ1) is 12.8. The third-order valence-electron chi connectivity index (χ3n) is 3.77. The number of benzene rings is 2. The van der Waals surface area contributed by atoms with Crippen LogP contribution in [0, 0.1) is 0 Å². The molecule has 0 aliphatic carbocycles. The van der Waals surface area contributed by atoms with E-state index in [4.69, 9.17) is 9.05 Å². The molecule has 0 spiro atoms. The minimum atomic E-state index is -3.04. The highest BCUT2D eigenvalue weighted by Gasteiger charge is 2.15. The lowest BCUT2D eigenvalue weighted by Gasteiger charge is -2.13. The highest BCUT2D eigenvalue weighted by Crippen LogP contribution is 2.49. The molecular formula is C21H22O4P2. The van der Waals surface area contributed by atoms with Gasteiger partial charge in [-0.1, -0.05) is 50.6 Å². The molecule has 0 heterocycles. The molecule has 0 fully saturated rings. The molecule has 2 rings (SSSR count). The van der Waals surface area contributed by atoms with E-state index < -0.39 is 14.7 Å². The van der Waals surface area contributed by atoms with Gasteiger partial charge in [-0.15, -0.1) is 0 Å². The first-order valence-corrected chi connectivity index (χ1v) is 11.7. The molecular weight excluding hydrogens is 378 g/mol. The van der Waals surface area contributed by atoms with Crippen molar-refractivity contribution in [2.75, 3.05) is 0 Å². The first-order valence-electron chi connectivity index (χ1n) is 8.15. The van der Waals surface area contributed by atoms with Gasteiger partial charge in [-0.2, -0.15) is 0 Å². The van der Waals surface area contributed by atoms with Crippen LogP contribution in [-0.4, -0.2) is 0 Å². The summed E-state index contributed by atoms with van der Waals surface area (Å²) < 4.78 is 35.2. The molecule has 0 radical (unpaired) electrons. The van der Waals surface area contributed by atoms with E-state index in [-0.39, 0.29) is 0 Å². The molecule has 4 nitrogen and oxygen atoms in total. The molecule has 0 amide bonds. The average molecular weight is 400 g/mol. The molecule has 0 atom stereocenters. The molecule has 27 heavy (non-hydrogen) atoms. The Balaban J connectivity index is 2.05. The van der Waals surface area contributed by atoms with E-state index in [2.05, 4.69) is 26.3 Å². The molecule has 0 aliphatic heterocycles. The zero-order valence-corrected chi connectivity index (χ0v) is 16.8. The molecule has 0 saturated heterocycles. The van der Waals surface area contributed by atoms with Gasteiger partial charge in [0.1, 0.15) is 11.5 Å². The molecule has 0 bridgehead atoms. The van der Waals surface area contributed by atoms with Crippen LogP contribution in [0.2, 0.25) is 0 Å². The second-order valence-electron chi connectivity index (χ2n) is 5.67. The SMILES string of the molecule is C=CP(=O)(C=C)Oc1ccc(Cc2ccc(OP(=O)(C=C)C=C)cc2)cc1. The van der Waals surface area contributed by atoms with Gasteiger partial charge in [-0.05, 0) is 41.8 Å². The van der Waals surface area contributed by atoms with Crippen LogP contribution in [0.3, 0.4) is 0 Å². The van der Waals surface area contributed by atoms with Crippen LogP contribution in [0.5, 0.6) is 11.5 Å². The van der Waals surface area contributed by atoms with E-state index >= 15 is 0 Å². The summed E-state index contributed by atoms with van der Waals surface area (Å²) in [6.45, 7) is 14.1. The zero-order valence-electron chi connectivity index (χ0n) is 15.0. The molecule has 6 heteroatoms. The summed E-state index contributed by atoms with van der Waals surface area (Å²) in [5.41, 5.74) is 2.12. The Kier molecular flexibility index (Phi) is 6.85. The van der Waals surface area contributed by atoms with Crippen molar-refractivity contribution >= 4 is 14.7 Å². The summed E-state index contributed by atoms with van der Waals surface area (Å²) in [6.07, 6.45) is 0.696. The lowest BCUT2D eigenvalue weighted by atomic mass is 10.1. The van der Waals surface area contributed by atoms with Gasteiger partial charge in [0, 0.05) is 23.3 Å². The smallest absolute Gasteiger partial charge is 0.291 e. The Hall–Kier alpha value is -2.54. The minimum Gasteiger partial charge on any atom is -0.438 e. The van der Waals surface area contributed by atoms with Gasteiger partial charge < -0.3 is 9.05 Å². The Bertz CT molecular complexity index is 826. The van der Waals surface area contributed by atoms with Crippen molar-refractivity contribution in [2.45, 2.75) is 6.42 Å². The zero-order chi connectivity index (χ0) is 19.9. The fraction of sp³-hybridized carbons (Fsp3) is 0.0476. The van der Waals surface area contributed by atoms with Gasteiger partial charge in [-0.25, -0.2) is 0 Å². The topological polar surface area (TPSA) is 52.6 Å². The monoisotopic (exact) mass is 400 g/mol. The van der Waals surface area contributed by atoms with Crippen molar-refractivity contribution in [1.29, 1.82) is 0 Å². The predicted octanol–water partition coefficient (Wildman–Crippen LogP) is 7.17. The summed E-state index contributed by atoms with van der Waals surface area (Å²) in [7, 11) is -6.07. The van der Waals surface area contributed by atoms with Crippen LogP contribution in [0.4, 0.5) is 0 Å². The van der Waals surface area contributed by atoms with Crippen LogP contribution in [0.25, 0.3) is 0 Å². The van der Waals surface area contributed by atoms with Gasteiger partial charge in [0.25, 0.3) is 14.7 Å². The molecule has 0 aliphatic rings. The normalized spacial score (nSPS) is 11.3. The first kappa shape index (κ1) is 20.8. The van der Waals surface area contributed by atoms with Crippen LogP contribution >= 0.6 is 14.7 Å². The van der Waals surface area contributed by atoms with Crippen molar-refractivity contribution < 1.29 is 18.2 Å². The third-order valence-corrected chi connectivity index (χ3v) is 6.80. The van der Waals surface area contributed by atoms with Gasteiger partial charge in [0.2, 0.25) is 0 Å². The largest absolute Gasteiger partial charge is 0.438 e. The van der Waals surface area contributed by atoms with Gasteiger partial charge in [0.05, 0.1) is 0 Å². The maximum absolute atomic E-state index is 12.2. The Morgan fingerprint density at radius 3 is 1.19 bits per heavy atom. The Morgan fingerprint density at radius 1 is 0.630 bits per heavy atom. The third kappa shape index (κ3) is 5.72. The molecule has 0 N–H and O–H groups in total. The number of hydrogen-bond donors (Lipinski definition) is 0. The number of rotatable bonds is 10.